The van der Waals surface area contributed by atoms with Crippen LogP contribution in [0.2, 0.25) is 5.02 Å². The van der Waals surface area contributed by atoms with Crippen LogP contribution in [0.4, 0.5) is 10.1 Å². The molecule has 0 aliphatic heterocycles. The summed E-state index contributed by atoms with van der Waals surface area (Å²) in [6.45, 7) is 5.36. The molecule has 0 radical (unpaired) electrons. The number of hydrogen-bond acceptors (Lipinski definition) is 4. The molecule has 0 aliphatic carbocycles. The monoisotopic (exact) mass is 559 g/mol. The number of benzene rings is 3. The summed E-state index contributed by atoms with van der Waals surface area (Å²) in [6, 6.07) is 17.7. The summed E-state index contributed by atoms with van der Waals surface area (Å²) in [4.78, 5) is 27.9. The van der Waals surface area contributed by atoms with Crippen LogP contribution in [-0.4, -0.2) is 44.3 Å². The van der Waals surface area contributed by atoms with Crippen molar-refractivity contribution in [3.63, 3.8) is 0 Å². The highest BCUT2D eigenvalue weighted by Crippen LogP contribution is 2.28. The molecule has 38 heavy (non-hydrogen) atoms. The first-order valence-corrected chi connectivity index (χ1v) is 14.0. The first-order chi connectivity index (χ1) is 18.0. The highest BCUT2D eigenvalue weighted by molar-refractivity contribution is 7.92. The molecular weight excluding hydrogens is 529 g/mol. The second-order valence-electron chi connectivity index (χ2n) is 8.90. The second kappa shape index (κ2) is 12.9. The topological polar surface area (TPSA) is 86.8 Å². The van der Waals surface area contributed by atoms with Gasteiger partial charge >= 0.3 is 0 Å². The third-order valence-corrected chi connectivity index (χ3v) is 8.07. The quantitative estimate of drug-likeness (QED) is 0.361. The number of aryl methyl sites for hydroxylation is 1. The van der Waals surface area contributed by atoms with Crippen LogP contribution in [0.1, 0.15) is 31.4 Å². The van der Waals surface area contributed by atoms with Crippen molar-refractivity contribution in [3.8, 4) is 0 Å². The Balaban J connectivity index is 2.02. The van der Waals surface area contributed by atoms with Crippen molar-refractivity contribution < 1.29 is 22.4 Å². The van der Waals surface area contributed by atoms with E-state index in [9.17, 15) is 22.4 Å². The molecule has 1 N–H and O–H groups in total. The maximum absolute atomic E-state index is 13.9. The van der Waals surface area contributed by atoms with Gasteiger partial charge in [-0.15, -0.1) is 0 Å². The highest BCUT2D eigenvalue weighted by atomic mass is 35.5. The number of sulfonamides is 1. The minimum absolute atomic E-state index is 0.0203. The second-order valence-corrected chi connectivity index (χ2v) is 11.2. The number of halogens is 2. The maximum atomic E-state index is 13.9. The van der Waals surface area contributed by atoms with Crippen LogP contribution in [0, 0.1) is 12.7 Å². The van der Waals surface area contributed by atoms with Crippen molar-refractivity contribution in [1.82, 2.24) is 10.2 Å². The molecule has 0 bridgehead atoms. The molecule has 202 valence electrons. The molecule has 10 heteroatoms. The Hall–Kier alpha value is -3.43. The van der Waals surface area contributed by atoms with Gasteiger partial charge in [-0.2, -0.15) is 0 Å². The van der Waals surface area contributed by atoms with E-state index in [1.807, 2.05) is 38.1 Å². The van der Waals surface area contributed by atoms with E-state index in [0.29, 0.717) is 6.54 Å². The largest absolute Gasteiger partial charge is 0.354 e. The number of hydrogen-bond donors (Lipinski definition) is 1. The Morgan fingerprint density at radius 2 is 1.68 bits per heavy atom. The number of carbonyl (C=O) groups excluding carboxylic acids is 2. The Bertz CT molecular complexity index is 1370. The van der Waals surface area contributed by atoms with Crippen LogP contribution in [0.5, 0.6) is 0 Å². The summed E-state index contributed by atoms with van der Waals surface area (Å²) in [5, 5.41) is 2.51. The van der Waals surface area contributed by atoms with Crippen LogP contribution < -0.4 is 9.62 Å². The van der Waals surface area contributed by atoms with E-state index < -0.39 is 34.3 Å². The Morgan fingerprint density at radius 1 is 1.03 bits per heavy atom. The van der Waals surface area contributed by atoms with Gasteiger partial charge in [0.15, 0.2) is 0 Å². The van der Waals surface area contributed by atoms with E-state index in [-0.39, 0.29) is 28.1 Å². The van der Waals surface area contributed by atoms with E-state index in [0.717, 1.165) is 34.0 Å². The molecule has 7 nitrogen and oxygen atoms in total. The summed E-state index contributed by atoms with van der Waals surface area (Å²) >= 11 is 5.97. The predicted octanol–water partition coefficient (Wildman–Crippen LogP) is 4.93. The van der Waals surface area contributed by atoms with Gasteiger partial charge in [-0.3, -0.25) is 13.9 Å². The zero-order valence-corrected chi connectivity index (χ0v) is 23.1. The summed E-state index contributed by atoms with van der Waals surface area (Å²) in [6.07, 6.45) is 0.721. The molecule has 3 rings (SSSR count). The molecule has 3 aromatic carbocycles. The smallest absolute Gasteiger partial charge is 0.264 e. The molecule has 2 amide bonds. The van der Waals surface area contributed by atoms with Crippen LogP contribution in [0.3, 0.4) is 0 Å². The van der Waals surface area contributed by atoms with Gasteiger partial charge in [-0.25, -0.2) is 12.8 Å². The standard InChI is InChI=1S/C28H31ClFN3O4S/c1-4-16-31-28(35)21(3)32(18-22-12-10-20(2)11-13-22)27(34)19-33(23-14-15-26(30)25(29)17-23)38(36,37)24-8-6-5-7-9-24/h5-15,17,21H,4,16,18-19H2,1-3H3,(H,31,35)/t21-/m1/s1. The van der Waals surface area contributed by atoms with Gasteiger partial charge < -0.3 is 10.2 Å². The van der Waals surface area contributed by atoms with Crippen LogP contribution in [0.15, 0.2) is 77.7 Å². The van der Waals surface area contributed by atoms with Gasteiger partial charge in [0, 0.05) is 13.1 Å². The van der Waals surface area contributed by atoms with Crippen LogP contribution in [0.25, 0.3) is 0 Å². The average molecular weight is 560 g/mol. The third-order valence-electron chi connectivity index (χ3n) is 5.99. The van der Waals surface area contributed by atoms with Crippen molar-refractivity contribution >= 4 is 39.1 Å². The third kappa shape index (κ3) is 7.11. The Kier molecular flexibility index (Phi) is 9.88. The summed E-state index contributed by atoms with van der Waals surface area (Å²) in [5.41, 5.74) is 1.84. The molecule has 1 atom stereocenters. The molecule has 0 spiro atoms. The minimum atomic E-state index is -4.25. The zero-order valence-electron chi connectivity index (χ0n) is 21.5. The van der Waals surface area contributed by atoms with E-state index in [2.05, 4.69) is 5.32 Å². The normalized spacial score (nSPS) is 12.0. The predicted molar refractivity (Wildman–Crippen MR) is 147 cm³/mol. The van der Waals surface area contributed by atoms with Crippen molar-refractivity contribution in [2.24, 2.45) is 0 Å². The molecule has 3 aromatic rings. The number of amides is 2. The minimum Gasteiger partial charge on any atom is -0.354 e. The molecule has 0 unspecified atom stereocenters. The number of nitrogens with zero attached hydrogens (tertiary/aromatic N) is 2. The first kappa shape index (κ1) is 29.1. The highest BCUT2D eigenvalue weighted by Gasteiger charge is 2.32. The SMILES string of the molecule is CCCNC(=O)[C@@H](C)N(Cc1ccc(C)cc1)C(=O)CN(c1ccc(F)c(Cl)c1)S(=O)(=O)c1ccccc1. The van der Waals surface area contributed by atoms with Crippen molar-refractivity contribution in [2.45, 2.75) is 44.7 Å². The number of rotatable bonds is 11. The van der Waals surface area contributed by atoms with Crippen molar-refractivity contribution in [1.29, 1.82) is 0 Å². The van der Waals surface area contributed by atoms with Crippen LogP contribution >= 0.6 is 11.6 Å². The lowest BCUT2D eigenvalue weighted by Gasteiger charge is -2.32. The van der Waals surface area contributed by atoms with E-state index in [1.165, 1.54) is 23.1 Å². The Morgan fingerprint density at radius 3 is 2.29 bits per heavy atom. The summed E-state index contributed by atoms with van der Waals surface area (Å²) in [5.74, 6) is -1.68. The first-order valence-electron chi connectivity index (χ1n) is 12.2. The molecule has 0 saturated carbocycles. The molecule has 0 heterocycles. The van der Waals surface area contributed by atoms with Crippen molar-refractivity contribution in [3.05, 3.63) is 94.8 Å². The Labute approximate surface area is 228 Å². The van der Waals surface area contributed by atoms with Gasteiger partial charge in [0.05, 0.1) is 15.6 Å². The van der Waals surface area contributed by atoms with E-state index >= 15 is 0 Å². The summed E-state index contributed by atoms with van der Waals surface area (Å²) < 4.78 is 42.1. The molecule has 0 fully saturated rings. The van der Waals surface area contributed by atoms with Gasteiger partial charge in [0.2, 0.25) is 11.8 Å². The van der Waals surface area contributed by atoms with Gasteiger partial charge in [-0.1, -0.05) is 66.6 Å². The average Bonchev–Trinajstić information content (AvgIpc) is 2.91. The fourth-order valence-corrected chi connectivity index (χ4v) is 5.36. The van der Waals surface area contributed by atoms with E-state index in [1.54, 1.807) is 25.1 Å². The van der Waals surface area contributed by atoms with Gasteiger partial charge in [0.25, 0.3) is 10.0 Å². The lowest BCUT2D eigenvalue weighted by molar-refractivity contribution is -0.139. The van der Waals surface area contributed by atoms with Crippen molar-refractivity contribution in [2.75, 3.05) is 17.4 Å². The summed E-state index contributed by atoms with van der Waals surface area (Å²) in [7, 11) is -4.25. The van der Waals surface area contributed by atoms with Gasteiger partial charge in [-0.05, 0) is 56.2 Å². The number of anilines is 1. The van der Waals surface area contributed by atoms with E-state index in [4.69, 9.17) is 11.6 Å². The van der Waals surface area contributed by atoms with Gasteiger partial charge in [0.1, 0.15) is 18.4 Å². The number of carbonyl (C=O) groups is 2. The lowest BCUT2D eigenvalue weighted by Crippen LogP contribution is -2.51. The number of nitrogens with one attached hydrogen (secondary N) is 1. The fraction of sp³-hybridized carbons (Fsp3) is 0.286. The molecule has 0 saturated heterocycles. The maximum Gasteiger partial charge on any atom is 0.264 e. The molecule has 0 aliphatic rings. The molecular formula is C28H31ClFN3O4S. The zero-order chi connectivity index (χ0) is 27.9. The lowest BCUT2D eigenvalue weighted by atomic mass is 10.1. The van der Waals surface area contributed by atoms with Crippen LogP contribution in [-0.2, 0) is 26.2 Å². The fourth-order valence-electron chi connectivity index (χ4n) is 3.76. The molecule has 0 aromatic heterocycles.